The van der Waals surface area contributed by atoms with E-state index in [9.17, 15) is 0 Å². The molecule has 0 saturated heterocycles. The molecule has 0 radical (unpaired) electrons. The van der Waals surface area contributed by atoms with Gasteiger partial charge in [-0.15, -0.1) is 35.3 Å². The molecule has 0 fully saturated rings. The zero-order chi connectivity index (χ0) is 13.2. The normalized spacial score (nSPS) is 11.0. The molecule has 0 unspecified atom stereocenters. The molecule has 0 aromatic carbocycles. The van der Waals surface area contributed by atoms with Crippen LogP contribution in [0.3, 0.4) is 0 Å². The van der Waals surface area contributed by atoms with Gasteiger partial charge in [-0.25, -0.2) is 0 Å². The van der Waals surface area contributed by atoms with E-state index in [2.05, 4.69) is 34.7 Å². The van der Waals surface area contributed by atoms with Crippen LogP contribution in [0, 0.1) is 6.92 Å². The molecule has 0 bridgehead atoms. The molecule has 19 heavy (non-hydrogen) atoms. The van der Waals surface area contributed by atoms with E-state index in [0.717, 1.165) is 38.7 Å². The fraction of sp³-hybridized carbons (Fsp3) is 0.615. The van der Waals surface area contributed by atoms with Gasteiger partial charge in [0.2, 0.25) is 0 Å². The molecule has 0 spiro atoms. The van der Waals surface area contributed by atoms with E-state index < -0.39 is 0 Å². The minimum absolute atomic E-state index is 0. The fourth-order valence-corrected chi connectivity index (χ4v) is 2.33. The summed E-state index contributed by atoms with van der Waals surface area (Å²) in [5.74, 6) is 0.845. The Morgan fingerprint density at radius 3 is 2.74 bits per heavy atom. The van der Waals surface area contributed by atoms with Gasteiger partial charge < -0.3 is 15.4 Å². The average molecular weight is 397 g/mol. The number of rotatable bonds is 7. The number of aliphatic imine (C=N–C) groups is 1. The first-order valence-electron chi connectivity index (χ1n) is 6.33. The van der Waals surface area contributed by atoms with Crippen molar-refractivity contribution in [3.63, 3.8) is 0 Å². The second kappa shape index (κ2) is 11.5. The topological polar surface area (TPSA) is 45.6 Å². The van der Waals surface area contributed by atoms with E-state index in [0.29, 0.717) is 0 Å². The zero-order valence-corrected chi connectivity index (χ0v) is 15.0. The standard InChI is InChI=1S/C13H23N3OS.HI/c1-4-17-9-5-8-15-13(14-3)16-10-12-7-6-11(2)18-12;/h6-7H,4-5,8-10H2,1-3H3,(H2,14,15,16);1H. The zero-order valence-electron chi connectivity index (χ0n) is 11.9. The van der Waals surface area contributed by atoms with Crippen molar-refractivity contribution in [3.8, 4) is 0 Å². The van der Waals surface area contributed by atoms with Gasteiger partial charge in [0.25, 0.3) is 0 Å². The number of nitrogens with zero attached hydrogens (tertiary/aromatic N) is 1. The van der Waals surface area contributed by atoms with E-state index in [1.54, 1.807) is 7.05 Å². The van der Waals surface area contributed by atoms with Gasteiger partial charge in [0.05, 0.1) is 6.54 Å². The van der Waals surface area contributed by atoms with Gasteiger partial charge in [-0.1, -0.05) is 0 Å². The van der Waals surface area contributed by atoms with Crippen LogP contribution in [-0.2, 0) is 11.3 Å². The van der Waals surface area contributed by atoms with Crippen LogP contribution in [-0.4, -0.2) is 32.8 Å². The maximum absolute atomic E-state index is 5.28. The van der Waals surface area contributed by atoms with Crippen molar-refractivity contribution in [3.05, 3.63) is 21.9 Å². The smallest absolute Gasteiger partial charge is 0.191 e. The second-order valence-electron chi connectivity index (χ2n) is 3.92. The molecule has 1 rings (SSSR count). The highest BCUT2D eigenvalue weighted by Crippen LogP contribution is 2.14. The summed E-state index contributed by atoms with van der Waals surface area (Å²) in [5, 5.41) is 6.57. The number of nitrogens with one attached hydrogen (secondary N) is 2. The third-order valence-electron chi connectivity index (χ3n) is 2.41. The number of guanidine groups is 1. The molecule has 0 aliphatic heterocycles. The molecule has 110 valence electrons. The lowest BCUT2D eigenvalue weighted by Crippen LogP contribution is -2.37. The number of aryl methyl sites for hydroxylation is 1. The number of hydrogen-bond acceptors (Lipinski definition) is 3. The Balaban J connectivity index is 0.00000324. The largest absolute Gasteiger partial charge is 0.382 e. The third kappa shape index (κ3) is 8.43. The van der Waals surface area contributed by atoms with Gasteiger partial charge in [0.1, 0.15) is 0 Å². The molecule has 1 heterocycles. The maximum atomic E-state index is 5.28. The Labute approximate surface area is 137 Å². The number of halogens is 1. The average Bonchev–Trinajstić information content (AvgIpc) is 2.78. The van der Waals surface area contributed by atoms with Crippen molar-refractivity contribution < 1.29 is 4.74 Å². The monoisotopic (exact) mass is 397 g/mol. The lowest BCUT2D eigenvalue weighted by Gasteiger charge is -2.11. The van der Waals surface area contributed by atoms with Crippen molar-refractivity contribution in [2.75, 3.05) is 26.8 Å². The molecule has 1 aromatic heterocycles. The second-order valence-corrected chi connectivity index (χ2v) is 5.29. The van der Waals surface area contributed by atoms with E-state index >= 15 is 0 Å². The Morgan fingerprint density at radius 2 is 2.16 bits per heavy atom. The molecular weight excluding hydrogens is 373 g/mol. The van der Waals surface area contributed by atoms with Crippen LogP contribution in [0.5, 0.6) is 0 Å². The van der Waals surface area contributed by atoms with E-state index in [-0.39, 0.29) is 24.0 Å². The molecule has 4 nitrogen and oxygen atoms in total. The van der Waals surface area contributed by atoms with Gasteiger partial charge in [0, 0.05) is 36.6 Å². The predicted molar refractivity (Wildman–Crippen MR) is 93.8 cm³/mol. The summed E-state index contributed by atoms with van der Waals surface area (Å²) in [6.07, 6.45) is 0.993. The van der Waals surface area contributed by atoms with Crippen molar-refractivity contribution in [2.24, 2.45) is 4.99 Å². The summed E-state index contributed by atoms with van der Waals surface area (Å²) in [6.45, 7) is 7.41. The lowest BCUT2D eigenvalue weighted by atomic mass is 10.4. The van der Waals surface area contributed by atoms with Crippen molar-refractivity contribution in [1.82, 2.24) is 10.6 Å². The van der Waals surface area contributed by atoms with Crippen LogP contribution in [0.25, 0.3) is 0 Å². The van der Waals surface area contributed by atoms with Crippen molar-refractivity contribution in [2.45, 2.75) is 26.8 Å². The molecule has 0 amide bonds. The van der Waals surface area contributed by atoms with Crippen LogP contribution >= 0.6 is 35.3 Å². The highest BCUT2D eigenvalue weighted by Gasteiger charge is 1.99. The third-order valence-corrected chi connectivity index (χ3v) is 3.41. The summed E-state index contributed by atoms with van der Waals surface area (Å²) >= 11 is 1.81. The molecule has 0 aliphatic carbocycles. The quantitative estimate of drug-likeness (QED) is 0.322. The van der Waals surface area contributed by atoms with Crippen molar-refractivity contribution >= 4 is 41.3 Å². The van der Waals surface area contributed by atoms with Crippen LogP contribution in [0.4, 0.5) is 0 Å². The first-order valence-corrected chi connectivity index (χ1v) is 7.15. The minimum Gasteiger partial charge on any atom is -0.382 e. The van der Waals surface area contributed by atoms with Crippen LogP contribution in [0.1, 0.15) is 23.1 Å². The Hall–Kier alpha value is -0.340. The fourth-order valence-electron chi connectivity index (χ4n) is 1.50. The highest BCUT2D eigenvalue weighted by molar-refractivity contribution is 14.0. The molecule has 0 atom stereocenters. The molecule has 0 aliphatic rings. The van der Waals surface area contributed by atoms with Crippen LogP contribution in [0.15, 0.2) is 17.1 Å². The van der Waals surface area contributed by atoms with Gasteiger partial charge in [0.15, 0.2) is 5.96 Å². The molecule has 1 aromatic rings. The molecule has 2 N–H and O–H groups in total. The lowest BCUT2D eigenvalue weighted by molar-refractivity contribution is 0.145. The minimum atomic E-state index is 0. The Morgan fingerprint density at radius 1 is 1.37 bits per heavy atom. The van der Waals surface area contributed by atoms with Crippen LogP contribution < -0.4 is 10.6 Å². The Bertz CT molecular complexity index is 369. The summed E-state index contributed by atoms with van der Waals surface area (Å²) in [7, 11) is 1.79. The van der Waals surface area contributed by atoms with E-state index in [1.807, 2.05) is 18.3 Å². The molecule has 0 saturated carbocycles. The summed E-state index contributed by atoms with van der Waals surface area (Å²) in [4.78, 5) is 6.85. The summed E-state index contributed by atoms with van der Waals surface area (Å²) in [6, 6.07) is 4.29. The first-order chi connectivity index (χ1) is 8.76. The van der Waals surface area contributed by atoms with Gasteiger partial charge >= 0.3 is 0 Å². The highest BCUT2D eigenvalue weighted by atomic mass is 127. The van der Waals surface area contributed by atoms with E-state index in [1.165, 1.54) is 9.75 Å². The predicted octanol–water partition coefficient (Wildman–Crippen LogP) is 2.77. The summed E-state index contributed by atoms with van der Waals surface area (Å²) < 4.78 is 5.28. The molecular formula is C13H24IN3OS. The van der Waals surface area contributed by atoms with Gasteiger partial charge in [-0.3, -0.25) is 4.99 Å². The SMILES string of the molecule is CCOCCCNC(=NC)NCc1ccc(C)s1.I. The van der Waals surface area contributed by atoms with E-state index in [4.69, 9.17) is 4.74 Å². The van der Waals surface area contributed by atoms with Gasteiger partial charge in [-0.2, -0.15) is 0 Å². The molecule has 6 heteroatoms. The number of ether oxygens (including phenoxy) is 1. The first kappa shape index (κ1) is 18.7. The number of hydrogen-bond donors (Lipinski definition) is 2. The van der Waals surface area contributed by atoms with Gasteiger partial charge in [-0.05, 0) is 32.4 Å². The van der Waals surface area contributed by atoms with Crippen LogP contribution in [0.2, 0.25) is 0 Å². The number of thiophene rings is 1. The Kier molecular flexibility index (Phi) is 11.3. The summed E-state index contributed by atoms with van der Waals surface area (Å²) in [5.41, 5.74) is 0. The maximum Gasteiger partial charge on any atom is 0.191 e. The van der Waals surface area contributed by atoms with Crippen molar-refractivity contribution in [1.29, 1.82) is 0 Å².